The van der Waals surface area contributed by atoms with E-state index in [4.69, 9.17) is 4.74 Å². The molecule has 0 aliphatic carbocycles. The number of carbonyl (C=O) groups is 1. The van der Waals surface area contributed by atoms with Crippen molar-refractivity contribution in [3.05, 3.63) is 54.2 Å². The second kappa shape index (κ2) is 7.02. The maximum absolute atomic E-state index is 13.1. The summed E-state index contributed by atoms with van der Waals surface area (Å²) in [6.07, 6.45) is 1.06. The lowest BCUT2D eigenvalue weighted by Gasteiger charge is -2.11. The Morgan fingerprint density at radius 1 is 1.17 bits per heavy atom. The van der Waals surface area contributed by atoms with Crippen molar-refractivity contribution < 1.29 is 17.9 Å². The maximum atomic E-state index is 13.1. The molecule has 0 radical (unpaired) electrons. The normalized spacial score (nSPS) is 11.5. The van der Waals surface area contributed by atoms with Gasteiger partial charge in [-0.25, -0.2) is 8.42 Å². The SMILES string of the molecule is COc1ccc2c(c1)c(S(C)(=O)=O)c(C(=O)Nc1nn[nH]n1)n2-c1ccccc1. The number of H-pyrrole nitrogens is 1. The number of nitrogens with one attached hydrogen (secondary N) is 2. The molecule has 2 aromatic carbocycles. The van der Waals surface area contributed by atoms with Crippen molar-refractivity contribution >= 4 is 32.6 Å². The summed E-state index contributed by atoms with van der Waals surface area (Å²) in [5, 5.41) is 15.9. The van der Waals surface area contributed by atoms with Gasteiger partial charge in [0.15, 0.2) is 9.84 Å². The fourth-order valence-electron chi connectivity index (χ4n) is 3.17. The highest BCUT2D eigenvalue weighted by Crippen LogP contribution is 2.35. The zero-order valence-electron chi connectivity index (χ0n) is 15.4. The fraction of sp³-hybridized carbons (Fsp3) is 0.111. The molecule has 0 aliphatic heterocycles. The van der Waals surface area contributed by atoms with Gasteiger partial charge in [0.2, 0.25) is 0 Å². The summed E-state index contributed by atoms with van der Waals surface area (Å²) in [7, 11) is -2.31. The van der Waals surface area contributed by atoms with E-state index < -0.39 is 15.7 Å². The molecule has 0 aliphatic rings. The van der Waals surface area contributed by atoms with Gasteiger partial charge in [-0.2, -0.15) is 5.21 Å². The third kappa shape index (κ3) is 3.31. The Morgan fingerprint density at radius 2 is 1.93 bits per heavy atom. The standard InChI is InChI=1S/C18H16N6O4S/c1-28-12-8-9-14-13(10-12)16(29(2,26)27)15(17(25)19-18-20-22-23-21-18)24(14)11-6-4-3-5-7-11/h3-10H,1-2H3,(H2,19,20,21,22,23,25). The average Bonchev–Trinajstić information content (AvgIpc) is 3.33. The van der Waals surface area contributed by atoms with Crippen LogP contribution in [-0.4, -0.2) is 52.9 Å². The summed E-state index contributed by atoms with van der Waals surface area (Å²) in [4.78, 5) is 13.0. The first-order chi connectivity index (χ1) is 13.9. The number of carbonyl (C=O) groups excluding carboxylic acids is 1. The average molecular weight is 412 g/mol. The molecule has 148 valence electrons. The monoisotopic (exact) mass is 412 g/mol. The van der Waals surface area contributed by atoms with Gasteiger partial charge in [0.1, 0.15) is 16.3 Å². The summed E-state index contributed by atoms with van der Waals surface area (Å²) < 4.78 is 32.3. The zero-order valence-corrected chi connectivity index (χ0v) is 16.3. The molecule has 0 fully saturated rings. The first kappa shape index (κ1) is 18.6. The molecule has 2 heterocycles. The molecule has 0 saturated carbocycles. The quantitative estimate of drug-likeness (QED) is 0.511. The molecular formula is C18H16N6O4S. The van der Waals surface area contributed by atoms with Crippen molar-refractivity contribution in [3.63, 3.8) is 0 Å². The largest absolute Gasteiger partial charge is 0.497 e. The van der Waals surface area contributed by atoms with Crippen LogP contribution in [0.1, 0.15) is 10.5 Å². The number of amides is 1. The van der Waals surface area contributed by atoms with Crippen LogP contribution in [0.2, 0.25) is 0 Å². The van der Waals surface area contributed by atoms with E-state index in [1.165, 1.54) is 7.11 Å². The number of hydrogen-bond acceptors (Lipinski definition) is 7. The van der Waals surface area contributed by atoms with E-state index in [-0.39, 0.29) is 16.5 Å². The lowest BCUT2D eigenvalue weighted by Crippen LogP contribution is -2.20. The number of fused-ring (bicyclic) bond motifs is 1. The Labute approximate surface area is 165 Å². The first-order valence-electron chi connectivity index (χ1n) is 8.43. The predicted molar refractivity (Wildman–Crippen MR) is 105 cm³/mol. The van der Waals surface area contributed by atoms with Crippen molar-refractivity contribution in [1.82, 2.24) is 25.2 Å². The van der Waals surface area contributed by atoms with E-state index in [1.54, 1.807) is 47.0 Å². The van der Waals surface area contributed by atoms with Crippen LogP contribution in [0.5, 0.6) is 5.75 Å². The molecule has 0 bridgehead atoms. The predicted octanol–water partition coefficient (Wildman–Crippen LogP) is 1.81. The minimum absolute atomic E-state index is 0.0632. The minimum atomic E-state index is -3.80. The summed E-state index contributed by atoms with van der Waals surface area (Å²) >= 11 is 0. The molecule has 10 nitrogen and oxygen atoms in total. The molecule has 2 N–H and O–H groups in total. The Morgan fingerprint density at radius 3 is 2.55 bits per heavy atom. The number of nitrogens with zero attached hydrogens (tertiary/aromatic N) is 4. The van der Waals surface area contributed by atoms with Crippen molar-refractivity contribution in [3.8, 4) is 11.4 Å². The lowest BCUT2D eigenvalue weighted by atomic mass is 10.2. The molecule has 0 unspecified atom stereocenters. The number of ether oxygens (including phenoxy) is 1. The Hall–Kier alpha value is -3.73. The molecule has 11 heteroatoms. The van der Waals surface area contributed by atoms with Crippen LogP contribution in [0.25, 0.3) is 16.6 Å². The van der Waals surface area contributed by atoms with Gasteiger partial charge in [0.05, 0.1) is 12.6 Å². The molecule has 2 aromatic heterocycles. The van der Waals surface area contributed by atoms with Crippen molar-refractivity contribution in [1.29, 1.82) is 0 Å². The highest BCUT2D eigenvalue weighted by molar-refractivity contribution is 7.91. The topological polar surface area (TPSA) is 132 Å². The van der Waals surface area contributed by atoms with Gasteiger partial charge in [-0.1, -0.05) is 23.3 Å². The van der Waals surface area contributed by atoms with Gasteiger partial charge in [-0.3, -0.25) is 10.1 Å². The molecule has 1 amide bonds. The number of aromatic nitrogens is 5. The molecule has 0 atom stereocenters. The lowest BCUT2D eigenvalue weighted by molar-refractivity contribution is 0.101. The summed E-state index contributed by atoms with van der Waals surface area (Å²) in [6, 6.07) is 14.0. The number of anilines is 1. The smallest absolute Gasteiger partial charge is 0.276 e. The Balaban J connectivity index is 2.09. The van der Waals surface area contributed by atoms with Gasteiger partial charge in [-0.05, 0) is 35.5 Å². The van der Waals surface area contributed by atoms with Crippen LogP contribution < -0.4 is 10.1 Å². The number of aromatic amines is 1. The van der Waals surface area contributed by atoms with Crippen LogP contribution in [0.3, 0.4) is 0 Å². The van der Waals surface area contributed by atoms with Crippen LogP contribution >= 0.6 is 0 Å². The van der Waals surface area contributed by atoms with Gasteiger partial charge >= 0.3 is 0 Å². The van der Waals surface area contributed by atoms with Gasteiger partial charge < -0.3 is 9.30 Å². The van der Waals surface area contributed by atoms with Crippen molar-refractivity contribution in [2.24, 2.45) is 0 Å². The van der Waals surface area contributed by atoms with Crippen molar-refractivity contribution in [2.45, 2.75) is 4.90 Å². The van der Waals surface area contributed by atoms with Gasteiger partial charge in [0.25, 0.3) is 11.9 Å². The molecule has 0 saturated heterocycles. The maximum Gasteiger partial charge on any atom is 0.276 e. The molecular weight excluding hydrogens is 396 g/mol. The van der Waals surface area contributed by atoms with Crippen molar-refractivity contribution in [2.75, 3.05) is 18.7 Å². The van der Waals surface area contributed by atoms with Crippen LogP contribution in [0, 0.1) is 0 Å². The molecule has 4 rings (SSSR count). The fourth-order valence-corrected chi connectivity index (χ4v) is 4.27. The number of para-hydroxylation sites is 1. The number of methoxy groups -OCH3 is 1. The van der Waals surface area contributed by atoms with Crippen LogP contribution in [0.4, 0.5) is 5.95 Å². The first-order valence-corrected chi connectivity index (χ1v) is 10.3. The Bertz CT molecular complexity index is 1300. The number of rotatable bonds is 5. The number of hydrogen-bond donors (Lipinski definition) is 2. The van der Waals surface area contributed by atoms with Crippen LogP contribution in [0.15, 0.2) is 53.4 Å². The van der Waals surface area contributed by atoms with E-state index in [2.05, 4.69) is 25.9 Å². The second-order valence-electron chi connectivity index (χ2n) is 6.19. The van der Waals surface area contributed by atoms with Gasteiger partial charge in [-0.15, -0.1) is 5.10 Å². The number of benzene rings is 2. The highest BCUT2D eigenvalue weighted by atomic mass is 32.2. The van der Waals surface area contributed by atoms with E-state index in [0.717, 1.165) is 6.26 Å². The van der Waals surface area contributed by atoms with Crippen LogP contribution in [-0.2, 0) is 9.84 Å². The highest BCUT2D eigenvalue weighted by Gasteiger charge is 2.30. The number of sulfone groups is 1. The Kier molecular flexibility index (Phi) is 4.51. The summed E-state index contributed by atoms with van der Waals surface area (Å²) in [5.74, 6) is -0.291. The summed E-state index contributed by atoms with van der Waals surface area (Å²) in [6.45, 7) is 0. The molecule has 29 heavy (non-hydrogen) atoms. The minimum Gasteiger partial charge on any atom is -0.497 e. The summed E-state index contributed by atoms with van der Waals surface area (Å²) in [5.41, 5.74) is 1.10. The van der Waals surface area contributed by atoms with E-state index in [9.17, 15) is 13.2 Å². The third-order valence-electron chi connectivity index (χ3n) is 4.30. The van der Waals surface area contributed by atoms with E-state index in [0.29, 0.717) is 22.3 Å². The number of tetrazole rings is 1. The second-order valence-corrected chi connectivity index (χ2v) is 8.15. The van der Waals surface area contributed by atoms with Gasteiger partial charge in [0, 0.05) is 17.3 Å². The zero-order chi connectivity index (χ0) is 20.6. The van der Waals surface area contributed by atoms with E-state index in [1.807, 2.05) is 6.07 Å². The third-order valence-corrected chi connectivity index (χ3v) is 5.45. The molecule has 0 spiro atoms. The van der Waals surface area contributed by atoms with E-state index >= 15 is 0 Å². The molecule has 4 aromatic rings.